The van der Waals surface area contributed by atoms with E-state index in [1.54, 1.807) is 0 Å². The molecule has 4 N–H and O–H groups in total. The molecule has 0 aliphatic rings. The summed E-state index contributed by atoms with van der Waals surface area (Å²) in [4.78, 5) is 10.2. The van der Waals surface area contributed by atoms with Gasteiger partial charge in [-0.25, -0.2) is 0 Å². The van der Waals surface area contributed by atoms with Crippen LogP contribution in [0.4, 0.5) is 0 Å². The second-order valence-electron chi connectivity index (χ2n) is 2.27. The van der Waals surface area contributed by atoms with Crippen LogP contribution in [0, 0.1) is 0 Å². The highest BCUT2D eigenvalue weighted by atomic mass is 32.2. The van der Waals surface area contributed by atoms with Gasteiger partial charge < -0.3 is 15.9 Å². The van der Waals surface area contributed by atoms with Crippen molar-refractivity contribution in [3.8, 4) is 0 Å². The van der Waals surface area contributed by atoms with Gasteiger partial charge in [0.1, 0.15) is 6.04 Å². The summed E-state index contributed by atoms with van der Waals surface area (Å²) in [6.45, 7) is 1.87. The quantitative estimate of drug-likeness (QED) is 0.530. The number of aliphatic carboxylic acids is 1. The Morgan fingerprint density at radius 3 is 2.64 bits per heavy atom. The number of thioether (sulfide) groups is 1. The van der Waals surface area contributed by atoms with E-state index in [9.17, 15) is 4.79 Å². The fourth-order valence-corrected chi connectivity index (χ4v) is 1.18. The van der Waals surface area contributed by atoms with E-state index in [2.05, 4.69) is 0 Å². The van der Waals surface area contributed by atoms with Crippen LogP contribution in [-0.2, 0) is 4.79 Å². The number of aliphatic hydroxyl groups excluding tert-OH is 1. The molecule has 0 amide bonds. The summed E-state index contributed by atoms with van der Waals surface area (Å²) in [5.74, 6) is -0.653. The Bertz CT molecular complexity index is 131. The molecular weight excluding hydrogens is 166 g/mol. The summed E-state index contributed by atoms with van der Waals surface area (Å²) in [7, 11) is 0. The minimum atomic E-state index is -0.998. The van der Waals surface area contributed by atoms with Gasteiger partial charge in [0, 0.05) is 11.0 Å². The monoisotopic (exact) mass is 179 g/mol. The van der Waals surface area contributed by atoms with Gasteiger partial charge in [-0.2, -0.15) is 11.8 Å². The molecule has 0 heterocycles. The molecule has 11 heavy (non-hydrogen) atoms. The number of hydrogen-bond acceptors (Lipinski definition) is 4. The van der Waals surface area contributed by atoms with E-state index in [0.717, 1.165) is 0 Å². The van der Waals surface area contributed by atoms with E-state index < -0.39 is 12.0 Å². The third kappa shape index (κ3) is 5.06. The Morgan fingerprint density at radius 2 is 2.27 bits per heavy atom. The number of nitrogens with two attached hydrogens (primary N) is 1. The predicted octanol–water partition coefficient (Wildman–Crippen LogP) is -0.488. The maximum atomic E-state index is 10.2. The Kier molecular flexibility index (Phi) is 5.27. The lowest BCUT2D eigenvalue weighted by Gasteiger charge is -2.09. The Labute approximate surface area is 69.8 Å². The highest BCUT2D eigenvalue weighted by Gasteiger charge is 2.12. The third-order valence-corrected chi connectivity index (χ3v) is 2.40. The molecular formula is C6H13NO3S. The molecule has 0 saturated carbocycles. The first kappa shape index (κ1) is 10.7. The van der Waals surface area contributed by atoms with Crippen molar-refractivity contribution in [1.29, 1.82) is 0 Å². The number of aliphatic hydroxyl groups is 1. The number of rotatable bonds is 5. The zero-order chi connectivity index (χ0) is 8.85. The van der Waals surface area contributed by atoms with Crippen molar-refractivity contribution in [3.63, 3.8) is 0 Å². The zero-order valence-corrected chi connectivity index (χ0v) is 7.17. The molecule has 0 rings (SSSR count). The van der Waals surface area contributed by atoms with Crippen molar-refractivity contribution in [2.75, 3.05) is 12.4 Å². The first-order chi connectivity index (χ1) is 5.07. The Hall–Kier alpha value is -0.260. The predicted molar refractivity (Wildman–Crippen MR) is 44.6 cm³/mol. The largest absolute Gasteiger partial charge is 0.480 e. The molecule has 0 fully saturated rings. The van der Waals surface area contributed by atoms with Crippen molar-refractivity contribution in [1.82, 2.24) is 0 Å². The van der Waals surface area contributed by atoms with Crippen LogP contribution in [0.3, 0.4) is 0 Å². The van der Waals surface area contributed by atoms with Crippen molar-refractivity contribution in [3.05, 3.63) is 0 Å². The molecule has 0 bridgehead atoms. The topological polar surface area (TPSA) is 83.5 Å². The molecule has 0 aromatic heterocycles. The van der Waals surface area contributed by atoms with E-state index in [1.165, 1.54) is 11.8 Å². The zero-order valence-electron chi connectivity index (χ0n) is 6.36. The lowest BCUT2D eigenvalue weighted by Crippen LogP contribution is -2.33. The third-order valence-electron chi connectivity index (χ3n) is 1.13. The first-order valence-corrected chi connectivity index (χ1v) is 4.33. The molecule has 66 valence electrons. The molecule has 0 aliphatic heterocycles. The van der Waals surface area contributed by atoms with Gasteiger partial charge in [-0.15, -0.1) is 0 Å². The standard InChI is InChI=1S/C6H13NO3S/c1-4(2-8)11-3-5(7)6(9)10/h4-5,8H,2-3,7H2,1H3,(H,9,10)/t4-,5+/m0/s1. The van der Waals surface area contributed by atoms with Gasteiger partial charge in [0.2, 0.25) is 0 Å². The minimum absolute atomic E-state index is 0.0526. The summed E-state index contributed by atoms with van der Waals surface area (Å²) in [5.41, 5.74) is 5.22. The number of carbonyl (C=O) groups is 1. The van der Waals surface area contributed by atoms with E-state index in [-0.39, 0.29) is 11.9 Å². The van der Waals surface area contributed by atoms with Crippen LogP contribution >= 0.6 is 11.8 Å². The van der Waals surface area contributed by atoms with Crippen molar-refractivity contribution >= 4 is 17.7 Å². The van der Waals surface area contributed by atoms with E-state index in [1.807, 2.05) is 6.92 Å². The van der Waals surface area contributed by atoms with E-state index in [4.69, 9.17) is 15.9 Å². The van der Waals surface area contributed by atoms with Crippen LogP contribution in [0.25, 0.3) is 0 Å². The molecule has 0 saturated heterocycles. The average Bonchev–Trinajstić information content (AvgIpc) is 1.99. The van der Waals surface area contributed by atoms with Crippen LogP contribution in [-0.4, -0.2) is 39.8 Å². The fourth-order valence-electron chi connectivity index (χ4n) is 0.392. The summed E-state index contributed by atoms with van der Waals surface area (Å²) in [6.07, 6.45) is 0. The normalized spacial score (nSPS) is 15.9. The van der Waals surface area contributed by atoms with Gasteiger partial charge >= 0.3 is 5.97 Å². The van der Waals surface area contributed by atoms with Gasteiger partial charge in [-0.05, 0) is 0 Å². The molecule has 0 aromatic carbocycles. The SMILES string of the molecule is C[C@@H](CO)SC[C@@H](N)C(=O)O. The molecule has 0 radical (unpaired) electrons. The summed E-state index contributed by atoms with van der Waals surface area (Å²) >= 11 is 1.36. The number of carboxylic acids is 1. The maximum absolute atomic E-state index is 10.2. The molecule has 0 aromatic rings. The van der Waals surface area contributed by atoms with Crippen molar-refractivity contribution in [2.45, 2.75) is 18.2 Å². The maximum Gasteiger partial charge on any atom is 0.321 e. The van der Waals surface area contributed by atoms with Crippen LogP contribution in [0.1, 0.15) is 6.92 Å². The molecule has 5 heteroatoms. The van der Waals surface area contributed by atoms with Crippen LogP contribution in [0.5, 0.6) is 0 Å². The summed E-state index contributed by atoms with van der Waals surface area (Å²) in [5, 5.41) is 17.0. The summed E-state index contributed by atoms with van der Waals surface area (Å²) in [6, 6.07) is -0.825. The smallest absolute Gasteiger partial charge is 0.321 e. The minimum Gasteiger partial charge on any atom is -0.480 e. The number of hydrogen-bond donors (Lipinski definition) is 3. The average molecular weight is 179 g/mol. The van der Waals surface area contributed by atoms with Crippen LogP contribution < -0.4 is 5.73 Å². The molecule has 0 spiro atoms. The van der Waals surface area contributed by atoms with Gasteiger partial charge in [0.15, 0.2) is 0 Å². The second-order valence-corrected chi connectivity index (χ2v) is 3.74. The van der Waals surface area contributed by atoms with E-state index >= 15 is 0 Å². The molecule has 0 unspecified atom stereocenters. The molecule has 4 nitrogen and oxygen atoms in total. The lowest BCUT2D eigenvalue weighted by molar-refractivity contribution is -0.137. The van der Waals surface area contributed by atoms with Gasteiger partial charge in [0.25, 0.3) is 0 Å². The molecule has 0 aliphatic carbocycles. The first-order valence-electron chi connectivity index (χ1n) is 3.28. The van der Waals surface area contributed by atoms with Crippen molar-refractivity contribution < 1.29 is 15.0 Å². The van der Waals surface area contributed by atoms with Gasteiger partial charge in [-0.1, -0.05) is 6.92 Å². The lowest BCUT2D eigenvalue weighted by atomic mass is 10.4. The fraction of sp³-hybridized carbons (Fsp3) is 0.833. The van der Waals surface area contributed by atoms with Crippen molar-refractivity contribution in [2.24, 2.45) is 5.73 Å². The van der Waals surface area contributed by atoms with Crippen LogP contribution in [0.15, 0.2) is 0 Å². The second kappa shape index (κ2) is 5.40. The van der Waals surface area contributed by atoms with Gasteiger partial charge in [-0.3, -0.25) is 4.79 Å². The van der Waals surface area contributed by atoms with E-state index in [0.29, 0.717) is 5.75 Å². The Morgan fingerprint density at radius 1 is 1.73 bits per heavy atom. The summed E-state index contributed by atoms with van der Waals surface area (Å²) < 4.78 is 0. The molecule has 2 atom stereocenters. The van der Waals surface area contributed by atoms with Gasteiger partial charge in [0.05, 0.1) is 6.61 Å². The number of carboxylic acid groups (broad SMARTS) is 1. The highest BCUT2D eigenvalue weighted by Crippen LogP contribution is 2.09. The highest BCUT2D eigenvalue weighted by molar-refractivity contribution is 7.99. The van der Waals surface area contributed by atoms with Crippen LogP contribution in [0.2, 0.25) is 0 Å². The Balaban J connectivity index is 3.45.